The van der Waals surface area contributed by atoms with Gasteiger partial charge in [0.25, 0.3) is 5.91 Å². The van der Waals surface area contributed by atoms with E-state index < -0.39 is 17.7 Å². The molecule has 108 valence electrons. The van der Waals surface area contributed by atoms with Gasteiger partial charge < -0.3 is 10.1 Å². The molecule has 1 N–H and O–H groups in total. The number of rotatable bonds is 3. The summed E-state index contributed by atoms with van der Waals surface area (Å²) < 4.78 is 18.3. The van der Waals surface area contributed by atoms with E-state index in [2.05, 4.69) is 10.1 Å². The highest BCUT2D eigenvalue weighted by atomic mass is 19.1. The van der Waals surface area contributed by atoms with Gasteiger partial charge >= 0.3 is 5.97 Å². The maximum Gasteiger partial charge on any atom is 0.339 e. The summed E-state index contributed by atoms with van der Waals surface area (Å²) in [5, 5.41) is 2.53. The fourth-order valence-corrected chi connectivity index (χ4v) is 1.88. The van der Waals surface area contributed by atoms with Crippen molar-refractivity contribution in [1.29, 1.82) is 0 Å². The van der Waals surface area contributed by atoms with E-state index in [-0.39, 0.29) is 16.8 Å². The van der Waals surface area contributed by atoms with Gasteiger partial charge in [-0.05, 0) is 31.2 Å². The molecule has 0 heterocycles. The summed E-state index contributed by atoms with van der Waals surface area (Å²) >= 11 is 0. The van der Waals surface area contributed by atoms with Crippen LogP contribution in [0.15, 0.2) is 42.5 Å². The van der Waals surface area contributed by atoms with Crippen molar-refractivity contribution < 1.29 is 18.7 Å². The zero-order chi connectivity index (χ0) is 15.4. The molecular weight excluding hydrogens is 273 g/mol. The molecule has 1 amide bonds. The molecule has 0 saturated carbocycles. The van der Waals surface area contributed by atoms with Crippen molar-refractivity contribution in [2.24, 2.45) is 0 Å². The predicted octanol–water partition coefficient (Wildman–Crippen LogP) is 3.17. The van der Waals surface area contributed by atoms with Crippen molar-refractivity contribution in [2.75, 3.05) is 12.4 Å². The second-order valence-electron chi connectivity index (χ2n) is 4.47. The molecule has 0 aliphatic heterocycles. The third-order valence-corrected chi connectivity index (χ3v) is 2.95. The quantitative estimate of drug-likeness (QED) is 0.882. The molecule has 2 aromatic rings. The Morgan fingerprint density at radius 2 is 1.81 bits per heavy atom. The minimum Gasteiger partial charge on any atom is -0.465 e. The lowest BCUT2D eigenvalue weighted by Gasteiger charge is -2.11. The van der Waals surface area contributed by atoms with Crippen LogP contribution in [0.5, 0.6) is 0 Å². The molecule has 0 fully saturated rings. The van der Waals surface area contributed by atoms with E-state index in [4.69, 9.17) is 0 Å². The molecule has 0 aliphatic rings. The number of hydrogen-bond acceptors (Lipinski definition) is 3. The fourth-order valence-electron chi connectivity index (χ4n) is 1.88. The molecule has 0 aromatic heterocycles. The number of benzene rings is 2. The van der Waals surface area contributed by atoms with E-state index in [9.17, 15) is 14.0 Å². The number of halogens is 1. The van der Waals surface area contributed by atoms with Crippen LogP contribution in [0, 0.1) is 12.7 Å². The zero-order valence-electron chi connectivity index (χ0n) is 11.6. The van der Waals surface area contributed by atoms with Gasteiger partial charge in [-0.25, -0.2) is 9.18 Å². The molecule has 21 heavy (non-hydrogen) atoms. The van der Waals surface area contributed by atoms with Gasteiger partial charge in [-0.15, -0.1) is 0 Å². The predicted molar refractivity (Wildman–Crippen MR) is 76.9 cm³/mol. The number of ether oxygens (including phenoxy) is 1. The summed E-state index contributed by atoms with van der Waals surface area (Å²) in [5.74, 6) is -1.81. The molecule has 0 spiro atoms. The summed E-state index contributed by atoms with van der Waals surface area (Å²) in [4.78, 5) is 23.8. The fraction of sp³-hybridized carbons (Fsp3) is 0.125. The Labute approximate surface area is 121 Å². The second-order valence-corrected chi connectivity index (χ2v) is 4.47. The van der Waals surface area contributed by atoms with Crippen LogP contribution in [-0.4, -0.2) is 19.0 Å². The minimum atomic E-state index is -0.623. The lowest BCUT2D eigenvalue weighted by atomic mass is 10.1. The number of hydrogen-bond donors (Lipinski definition) is 1. The third-order valence-electron chi connectivity index (χ3n) is 2.95. The van der Waals surface area contributed by atoms with Gasteiger partial charge in [0.1, 0.15) is 5.82 Å². The van der Waals surface area contributed by atoms with Crippen LogP contribution in [0.25, 0.3) is 0 Å². The Balaban J connectivity index is 2.34. The van der Waals surface area contributed by atoms with Crippen molar-refractivity contribution >= 4 is 17.6 Å². The Morgan fingerprint density at radius 3 is 2.48 bits per heavy atom. The molecule has 0 aliphatic carbocycles. The van der Waals surface area contributed by atoms with Crippen molar-refractivity contribution in [3.8, 4) is 0 Å². The van der Waals surface area contributed by atoms with E-state index in [0.717, 1.165) is 5.56 Å². The standard InChI is InChI=1S/C16H14FNO3/c1-10-7-8-14(12(9-10)16(20)21-2)18-15(19)11-5-3-4-6-13(11)17/h3-9H,1-2H3,(H,18,19). The number of anilines is 1. The highest BCUT2D eigenvalue weighted by Gasteiger charge is 2.16. The van der Waals surface area contributed by atoms with E-state index in [1.54, 1.807) is 24.3 Å². The van der Waals surface area contributed by atoms with Crippen molar-refractivity contribution in [3.63, 3.8) is 0 Å². The normalized spacial score (nSPS) is 10.0. The van der Waals surface area contributed by atoms with Crippen LogP contribution in [0.4, 0.5) is 10.1 Å². The molecular formula is C16H14FNO3. The Bertz CT molecular complexity index is 698. The van der Waals surface area contributed by atoms with Gasteiger partial charge in [0.2, 0.25) is 0 Å². The van der Waals surface area contributed by atoms with Crippen LogP contribution in [-0.2, 0) is 4.74 Å². The number of nitrogens with one attached hydrogen (secondary N) is 1. The smallest absolute Gasteiger partial charge is 0.339 e. The Morgan fingerprint density at radius 1 is 1.10 bits per heavy atom. The van der Waals surface area contributed by atoms with Crippen LogP contribution >= 0.6 is 0 Å². The first kappa shape index (κ1) is 14.7. The van der Waals surface area contributed by atoms with E-state index in [1.807, 2.05) is 6.92 Å². The summed E-state index contributed by atoms with van der Waals surface area (Å²) in [6, 6.07) is 10.6. The van der Waals surface area contributed by atoms with Crippen LogP contribution < -0.4 is 5.32 Å². The van der Waals surface area contributed by atoms with Crippen LogP contribution in [0.2, 0.25) is 0 Å². The van der Waals surface area contributed by atoms with Gasteiger partial charge in [-0.3, -0.25) is 4.79 Å². The van der Waals surface area contributed by atoms with Gasteiger partial charge in [-0.1, -0.05) is 23.8 Å². The topological polar surface area (TPSA) is 55.4 Å². The second kappa shape index (κ2) is 6.17. The molecule has 0 bridgehead atoms. The number of carbonyl (C=O) groups is 2. The van der Waals surface area contributed by atoms with Crippen LogP contribution in [0.1, 0.15) is 26.3 Å². The lowest BCUT2D eigenvalue weighted by Crippen LogP contribution is -2.16. The van der Waals surface area contributed by atoms with Crippen LogP contribution in [0.3, 0.4) is 0 Å². The molecule has 0 atom stereocenters. The first-order valence-electron chi connectivity index (χ1n) is 6.27. The summed E-state index contributed by atoms with van der Waals surface area (Å²) in [6.45, 7) is 1.81. The molecule has 0 radical (unpaired) electrons. The number of esters is 1. The number of aryl methyl sites for hydroxylation is 1. The van der Waals surface area contributed by atoms with E-state index >= 15 is 0 Å². The Kier molecular flexibility index (Phi) is 4.33. The van der Waals surface area contributed by atoms with Crippen molar-refractivity contribution in [1.82, 2.24) is 0 Å². The number of methoxy groups -OCH3 is 1. The average Bonchev–Trinajstić information content (AvgIpc) is 2.48. The highest BCUT2D eigenvalue weighted by Crippen LogP contribution is 2.20. The lowest BCUT2D eigenvalue weighted by molar-refractivity contribution is 0.0602. The number of amides is 1. The minimum absolute atomic E-state index is 0.0890. The molecule has 0 saturated heterocycles. The monoisotopic (exact) mass is 287 g/mol. The highest BCUT2D eigenvalue weighted by molar-refractivity contribution is 6.08. The van der Waals surface area contributed by atoms with Gasteiger partial charge in [0, 0.05) is 0 Å². The molecule has 4 nitrogen and oxygen atoms in total. The van der Waals surface area contributed by atoms with Gasteiger partial charge in [0.05, 0.1) is 23.9 Å². The van der Waals surface area contributed by atoms with Gasteiger partial charge in [-0.2, -0.15) is 0 Å². The third kappa shape index (κ3) is 3.25. The molecule has 0 unspecified atom stereocenters. The van der Waals surface area contributed by atoms with Crippen molar-refractivity contribution in [3.05, 3.63) is 65.0 Å². The summed E-state index contributed by atoms with van der Waals surface area (Å²) in [5.41, 5.74) is 1.26. The molecule has 5 heteroatoms. The summed E-state index contributed by atoms with van der Waals surface area (Å²) in [6.07, 6.45) is 0. The SMILES string of the molecule is COC(=O)c1cc(C)ccc1NC(=O)c1ccccc1F. The molecule has 2 aromatic carbocycles. The largest absolute Gasteiger partial charge is 0.465 e. The maximum absolute atomic E-state index is 13.6. The summed E-state index contributed by atoms with van der Waals surface area (Å²) in [7, 11) is 1.26. The average molecular weight is 287 g/mol. The van der Waals surface area contributed by atoms with E-state index in [0.29, 0.717) is 0 Å². The Hall–Kier alpha value is -2.69. The first-order valence-corrected chi connectivity index (χ1v) is 6.27. The first-order chi connectivity index (χ1) is 10.0. The maximum atomic E-state index is 13.6. The zero-order valence-corrected chi connectivity index (χ0v) is 11.6. The molecule has 2 rings (SSSR count). The number of carbonyl (C=O) groups excluding carboxylic acids is 2. The van der Waals surface area contributed by atoms with Gasteiger partial charge in [0.15, 0.2) is 0 Å². The van der Waals surface area contributed by atoms with Crippen molar-refractivity contribution in [2.45, 2.75) is 6.92 Å². The van der Waals surface area contributed by atoms with E-state index in [1.165, 1.54) is 25.3 Å².